The first-order valence-electron chi connectivity index (χ1n) is 6.02. The van der Waals surface area contributed by atoms with Crippen LogP contribution < -0.4 is 11.1 Å². The van der Waals surface area contributed by atoms with Crippen LogP contribution in [0.4, 0.5) is 5.69 Å². The zero-order valence-corrected chi connectivity index (χ0v) is 12.0. The van der Waals surface area contributed by atoms with Crippen LogP contribution in [0, 0.1) is 5.92 Å². The summed E-state index contributed by atoms with van der Waals surface area (Å²) >= 11 is 3.29. The minimum Gasteiger partial charge on any atom is -0.398 e. The number of carbonyl (C=O) groups excluding carboxylic acids is 1. The van der Waals surface area contributed by atoms with Crippen LogP contribution in [-0.2, 0) is 0 Å². The molecule has 0 radical (unpaired) electrons. The molecule has 4 nitrogen and oxygen atoms in total. The minimum atomic E-state index is -0.118. The van der Waals surface area contributed by atoms with Crippen LogP contribution in [0.2, 0.25) is 0 Å². The fraction of sp³-hybridized carbons (Fsp3) is 0.462. The summed E-state index contributed by atoms with van der Waals surface area (Å²) in [5.74, 6) is 0.197. The minimum absolute atomic E-state index is 0.118. The molecule has 1 unspecified atom stereocenters. The lowest BCUT2D eigenvalue weighted by molar-refractivity contribution is 0.0943. The average Bonchev–Trinajstić information content (AvgIpc) is 2.37. The maximum Gasteiger partial charge on any atom is 0.251 e. The Morgan fingerprint density at radius 1 is 1.56 bits per heavy atom. The highest BCUT2D eigenvalue weighted by Gasteiger charge is 2.10. The van der Waals surface area contributed by atoms with E-state index in [1.54, 1.807) is 18.2 Å². The molecule has 0 aliphatic rings. The Bertz CT molecular complexity index is 410. The van der Waals surface area contributed by atoms with Gasteiger partial charge in [0.05, 0.1) is 0 Å². The monoisotopic (exact) mass is 314 g/mol. The fourth-order valence-corrected chi connectivity index (χ4v) is 2.02. The molecule has 4 N–H and O–H groups in total. The molecule has 0 saturated heterocycles. The number of aliphatic hydroxyl groups excluding tert-OH is 1. The predicted octanol–water partition coefficient (Wildman–Crippen LogP) is 2.17. The van der Waals surface area contributed by atoms with Gasteiger partial charge in [-0.2, -0.15) is 0 Å². The van der Waals surface area contributed by atoms with E-state index >= 15 is 0 Å². The van der Waals surface area contributed by atoms with Crippen LogP contribution in [0.25, 0.3) is 0 Å². The molecule has 100 valence electrons. The highest BCUT2D eigenvalue weighted by Crippen LogP contribution is 2.20. The van der Waals surface area contributed by atoms with Gasteiger partial charge in [0.15, 0.2) is 0 Å². The van der Waals surface area contributed by atoms with Crippen molar-refractivity contribution in [2.75, 3.05) is 18.9 Å². The van der Waals surface area contributed by atoms with Gasteiger partial charge in [0.2, 0.25) is 0 Å². The summed E-state index contributed by atoms with van der Waals surface area (Å²) in [5.41, 5.74) is 6.85. The van der Waals surface area contributed by atoms with Crippen LogP contribution in [0.15, 0.2) is 22.7 Å². The Balaban J connectivity index is 2.57. The van der Waals surface area contributed by atoms with Crippen molar-refractivity contribution in [2.24, 2.45) is 5.92 Å². The van der Waals surface area contributed by atoms with Gasteiger partial charge in [0, 0.05) is 28.9 Å². The van der Waals surface area contributed by atoms with Gasteiger partial charge in [0.1, 0.15) is 0 Å². The molecule has 0 bridgehead atoms. The number of nitrogen functional groups attached to an aromatic ring is 1. The Kier molecular flexibility index (Phi) is 6.15. The molecule has 1 rings (SSSR count). The number of nitrogens with one attached hydrogen (secondary N) is 1. The second-order valence-corrected chi connectivity index (χ2v) is 5.09. The van der Waals surface area contributed by atoms with Crippen molar-refractivity contribution < 1.29 is 9.90 Å². The van der Waals surface area contributed by atoms with Gasteiger partial charge >= 0.3 is 0 Å². The molecule has 0 spiro atoms. The summed E-state index contributed by atoms with van der Waals surface area (Å²) in [7, 11) is 0. The maximum absolute atomic E-state index is 11.9. The van der Waals surface area contributed by atoms with Gasteiger partial charge in [-0.25, -0.2) is 0 Å². The van der Waals surface area contributed by atoms with Crippen LogP contribution in [0.3, 0.4) is 0 Å². The Labute approximate surface area is 116 Å². The first kappa shape index (κ1) is 15.0. The van der Waals surface area contributed by atoms with Gasteiger partial charge in [0.25, 0.3) is 5.91 Å². The number of amides is 1. The van der Waals surface area contributed by atoms with E-state index in [0.717, 1.165) is 10.9 Å². The summed E-state index contributed by atoms with van der Waals surface area (Å²) < 4.78 is 0.720. The first-order valence-corrected chi connectivity index (χ1v) is 6.81. The Morgan fingerprint density at radius 2 is 2.28 bits per heavy atom. The van der Waals surface area contributed by atoms with E-state index in [1.807, 2.05) is 6.92 Å². The molecule has 5 heteroatoms. The third kappa shape index (κ3) is 4.31. The molecule has 0 heterocycles. The Hall–Kier alpha value is -1.07. The van der Waals surface area contributed by atoms with E-state index in [2.05, 4.69) is 21.2 Å². The number of rotatable bonds is 6. The lowest BCUT2D eigenvalue weighted by Gasteiger charge is -2.14. The number of carbonyl (C=O) groups is 1. The average molecular weight is 315 g/mol. The zero-order valence-electron chi connectivity index (χ0n) is 10.4. The highest BCUT2D eigenvalue weighted by atomic mass is 79.9. The van der Waals surface area contributed by atoms with Crippen molar-refractivity contribution in [3.8, 4) is 0 Å². The molecule has 0 aromatic heterocycles. The van der Waals surface area contributed by atoms with Gasteiger partial charge in [-0.3, -0.25) is 4.79 Å². The first-order chi connectivity index (χ1) is 8.58. The number of halogens is 1. The summed E-state index contributed by atoms with van der Waals surface area (Å²) in [4.78, 5) is 11.9. The molecule has 1 aromatic rings. The maximum atomic E-state index is 11.9. The lowest BCUT2D eigenvalue weighted by Crippen LogP contribution is -2.29. The zero-order chi connectivity index (χ0) is 13.5. The van der Waals surface area contributed by atoms with Crippen LogP contribution in [0.5, 0.6) is 0 Å². The second kappa shape index (κ2) is 7.38. The molecule has 0 aliphatic carbocycles. The van der Waals surface area contributed by atoms with E-state index in [0.29, 0.717) is 30.1 Å². The lowest BCUT2D eigenvalue weighted by atomic mass is 10.0. The Morgan fingerprint density at radius 3 is 2.83 bits per heavy atom. The summed E-state index contributed by atoms with van der Waals surface area (Å²) in [5, 5.41) is 11.8. The molecular formula is C13H19BrN2O2. The SMILES string of the molecule is CCC(CCO)CNC(=O)c1ccc(N)c(Br)c1. The van der Waals surface area contributed by atoms with E-state index in [4.69, 9.17) is 10.8 Å². The van der Waals surface area contributed by atoms with Crippen LogP contribution in [-0.4, -0.2) is 24.2 Å². The van der Waals surface area contributed by atoms with Crippen molar-refractivity contribution in [1.29, 1.82) is 0 Å². The quantitative estimate of drug-likeness (QED) is 0.704. The fourth-order valence-electron chi connectivity index (χ4n) is 1.64. The molecular weight excluding hydrogens is 296 g/mol. The number of anilines is 1. The third-order valence-electron chi connectivity index (χ3n) is 2.93. The summed E-state index contributed by atoms with van der Waals surface area (Å²) in [6.45, 7) is 2.78. The van der Waals surface area contributed by atoms with Gasteiger partial charge < -0.3 is 16.2 Å². The number of hydrogen-bond donors (Lipinski definition) is 3. The largest absolute Gasteiger partial charge is 0.398 e. The molecule has 1 amide bonds. The number of hydrogen-bond acceptors (Lipinski definition) is 3. The van der Waals surface area contributed by atoms with E-state index in [9.17, 15) is 4.79 Å². The van der Waals surface area contributed by atoms with E-state index in [1.165, 1.54) is 0 Å². The molecule has 18 heavy (non-hydrogen) atoms. The van der Waals surface area contributed by atoms with Gasteiger partial charge in [-0.1, -0.05) is 13.3 Å². The van der Waals surface area contributed by atoms with Gasteiger partial charge in [-0.05, 0) is 46.5 Å². The molecule has 1 atom stereocenters. The number of nitrogens with two attached hydrogens (primary N) is 1. The number of benzene rings is 1. The normalized spacial score (nSPS) is 12.2. The second-order valence-electron chi connectivity index (χ2n) is 4.23. The van der Waals surface area contributed by atoms with Crippen LogP contribution >= 0.6 is 15.9 Å². The van der Waals surface area contributed by atoms with Crippen molar-refractivity contribution in [2.45, 2.75) is 19.8 Å². The van der Waals surface area contributed by atoms with Crippen molar-refractivity contribution in [1.82, 2.24) is 5.32 Å². The van der Waals surface area contributed by atoms with Crippen molar-refractivity contribution in [3.63, 3.8) is 0 Å². The predicted molar refractivity (Wildman–Crippen MR) is 76.4 cm³/mol. The van der Waals surface area contributed by atoms with Gasteiger partial charge in [-0.15, -0.1) is 0 Å². The summed E-state index contributed by atoms with van der Waals surface area (Å²) in [6.07, 6.45) is 1.65. The van der Waals surface area contributed by atoms with Crippen LogP contribution in [0.1, 0.15) is 30.1 Å². The summed E-state index contributed by atoms with van der Waals surface area (Å²) in [6, 6.07) is 5.10. The highest BCUT2D eigenvalue weighted by molar-refractivity contribution is 9.10. The topological polar surface area (TPSA) is 75.3 Å². The molecule has 1 aromatic carbocycles. The number of aliphatic hydroxyl groups is 1. The molecule has 0 saturated carbocycles. The third-order valence-corrected chi connectivity index (χ3v) is 3.62. The molecule has 0 fully saturated rings. The smallest absolute Gasteiger partial charge is 0.251 e. The van der Waals surface area contributed by atoms with E-state index < -0.39 is 0 Å². The van der Waals surface area contributed by atoms with Crippen molar-refractivity contribution in [3.05, 3.63) is 28.2 Å². The van der Waals surface area contributed by atoms with E-state index in [-0.39, 0.29) is 12.5 Å². The van der Waals surface area contributed by atoms with Crippen molar-refractivity contribution >= 4 is 27.5 Å². The standard InChI is InChI=1S/C13H19BrN2O2/c1-2-9(5-6-17)8-16-13(18)10-3-4-12(15)11(14)7-10/h3-4,7,9,17H,2,5-6,8,15H2,1H3,(H,16,18). The molecule has 0 aliphatic heterocycles.